The van der Waals surface area contributed by atoms with E-state index in [1.54, 1.807) is 4.90 Å². The molecule has 2 amide bonds. The highest BCUT2D eigenvalue weighted by Crippen LogP contribution is 2.20. The van der Waals surface area contributed by atoms with Crippen molar-refractivity contribution >= 4 is 11.8 Å². The van der Waals surface area contributed by atoms with Gasteiger partial charge in [-0.05, 0) is 18.8 Å². The fourth-order valence-electron chi connectivity index (χ4n) is 2.14. The molecule has 0 aromatic heterocycles. The molecule has 6 nitrogen and oxygen atoms in total. The van der Waals surface area contributed by atoms with Crippen molar-refractivity contribution in [2.24, 2.45) is 17.4 Å². The molecule has 1 fully saturated rings. The Balaban J connectivity index is 2.40. The van der Waals surface area contributed by atoms with Gasteiger partial charge in [0, 0.05) is 33.2 Å². The minimum absolute atomic E-state index is 0.0625. The lowest BCUT2D eigenvalue weighted by molar-refractivity contribution is -0.142. The number of primary amides is 1. The first kappa shape index (κ1) is 13.9. The molecule has 17 heavy (non-hydrogen) atoms. The average Bonchev–Trinajstić information content (AvgIpc) is 2.30. The normalized spacial score (nSPS) is 19.1. The summed E-state index contributed by atoms with van der Waals surface area (Å²) in [7, 11) is 1.48. The van der Waals surface area contributed by atoms with E-state index in [0.717, 1.165) is 12.8 Å². The van der Waals surface area contributed by atoms with Crippen LogP contribution in [0.1, 0.15) is 19.3 Å². The van der Waals surface area contributed by atoms with Crippen LogP contribution in [-0.2, 0) is 14.3 Å². The Morgan fingerprint density at radius 1 is 1.41 bits per heavy atom. The topological polar surface area (TPSA) is 98.7 Å². The van der Waals surface area contributed by atoms with Gasteiger partial charge in [-0.25, -0.2) is 0 Å². The Bertz CT molecular complexity index is 271. The number of ether oxygens (including phenoxy) is 1. The van der Waals surface area contributed by atoms with Crippen LogP contribution >= 0.6 is 0 Å². The first-order valence-electron chi connectivity index (χ1n) is 5.88. The van der Waals surface area contributed by atoms with Gasteiger partial charge >= 0.3 is 0 Å². The Hall–Kier alpha value is -1.14. The largest absolute Gasteiger partial charge is 0.370 e. The van der Waals surface area contributed by atoms with Crippen LogP contribution in [0.15, 0.2) is 0 Å². The summed E-state index contributed by atoms with van der Waals surface area (Å²) in [4.78, 5) is 24.5. The molecule has 6 heteroatoms. The smallest absolute Gasteiger partial charge is 0.253 e. The zero-order valence-electron chi connectivity index (χ0n) is 10.2. The summed E-state index contributed by atoms with van der Waals surface area (Å²) in [5.41, 5.74) is 10.6. The van der Waals surface area contributed by atoms with E-state index in [0.29, 0.717) is 25.4 Å². The first-order valence-corrected chi connectivity index (χ1v) is 5.88. The predicted molar refractivity (Wildman–Crippen MR) is 63.0 cm³/mol. The van der Waals surface area contributed by atoms with Crippen molar-refractivity contribution in [2.75, 3.05) is 26.7 Å². The van der Waals surface area contributed by atoms with Gasteiger partial charge in [-0.1, -0.05) is 0 Å². The number of methoxy groups -OCH3 is 1. The second-order valence-electron chi connectivity index (χ2n) is 4.40. The standard InChI is InChI=1S/C11H21N3O3/c1-17-9(7-12)11(16)14-4-2-8(3-5-14)6-10(13)15/h8-9H,2-7,12H2,1H3,(H2,13,15). The fraction of sp³-hybridized carbons (Fsp3) is 0.818. The molecule has 0 aliphatic carbocycles. The van der Waals surface area contributed by atoms with Crippen molar-refractivity contribution in [2.45, 2.75) is 25.4 Å². The minimum Gasteiger partial charge on any atom is -0.370 e. The second kappa shape index (κ2) is 6.56. The molecule has 1 atom stereocenters. The zero-order valence-corrected chi connectivity index (χ0v) is 10.2. The maximum absolute atomic E-state index is 11.9. The van der Waals surface area contributed by atoms with Crippen LogP contribution in [0.2, 0.25) is 0 Å². The van der Waals surface area contributed by atoms with Crippen LogP contribution in [0.25, 0.3) is 0 Å². The van der Waals surface area contributed by atoms with Crippen molar-refractivity contribution < 1.29 is 14.3 Å². The number of hydrogen-bond acceptors (Lipinski definition) is 4. The number of nitrogens with two attached hydrogens (primary N) is 2. The molecule has 0 spiro atoms. The summed E-state index contributed by atoms with van der Waals surface area (Å²) in [6.45, 7) is 1.49. The number of amides is 2. The van der Waals surface area contributed by atoms with Crippen LogP contribution in [0.5, 0.6) is 0 Å². The highest BCUT2D eigenvalue weighted by molar-refractivity contribution is 5.81. The summed E-state index contributed by atoms with van der Waals surface area (Å²) < 4.78 is 5.02. The van der Waals surface area contributed by atoms with Gasteiger partial charge in [0.1, 0.15) is 6.10 Å². The Kier molecular flexibility index (Phi) is 5.37. The number of hydrogen-bond donors (Lipinski definition) is 2. The lowest BCUT2D eigenvalue weighted by Crippen LogP contribution is -2.47. The summed E-state index contributed by atoms with van der Waals surface area (Å²) in [5.74, 6) is -0.0329. The summed E-state index contributed by atoms with van der Waals surface area (Å²) in [6, 6.07) is 0. The molecule has 1 rings (SSSR count). The third kappa shape index (κ3) is 3.98. The van der Waals surface area contributed by atoms with Gasteiger partial charge in [0.05, 0.1) is 0 Å². The number of carbonyl (C=O) groups excluding carboxylic acids is 2. The quantitative estimate of drug-likeness (QED) is 0.652. The molecule has 98 valence electrons. The van der Waals surface area contributed by atoms with Crippen LogP contribution in [0, 0.1) is 5.92 Å². The summed E-state index contributed by atoms with van der Waals surface area (Å²) >= 11 is 0. The molecule has 4 N–H and O–H groups in total. The van der Waals surface area contributed by atoms with Crippen molar-refractivity contribution in [1.29, 1.82) is 0 Å². The van der Waals surface area contributed by atoms with Crippen LogP contribution in [0.4, 0.5) is 0 Å². The zero-order chi connectivity index (χ0) is 12.8. The highest BCUT2D eigenvalue weighted by Gasteiger charge is 2.27. The third-order valence-electron chi connectivity index (χ3n) is 3.19. The van der Waals surface area contributed by atoms with Crippen molar-refractivity contribution in [3.8, 4) is 0 Å². The third-order valence-corrected chi connectivity index (χ3v) is 3.19. The van der Waals surface area contributed by atoms with Gasteiger partial charge in [0.2, 0.25) is 5.91 Å². The number of piperidine rings is 1. The Morgan fingerprint density at radius 2 is 2.00 bits per heavy atom. The van der Waals surface area contributed by atoms with Crippen LogP contribution in [-0.4, -0.2) is 49.6 Å². The van der Waals surface area contributed by atoms with Crippen LogP contribution < -0.4 is 11.5 Å². The SMILES string of the molecule is COC(CN)C(=O)N1CCC(CC(N)=O)CC1. The van der Waals surface area contributed by atoms with Crippen molar-refractivity contribution in [1.82, 2.24) is 4.90 Å². The van der Waals surface area contributed by atoms with Gasteiger partial charge in [0.15, 0.2) is 0 Å². The number of likely N-dealkylation sites (tertiary alicyclic amines) is 1. The first-order chi connectivity index (χ1) is 8.08. The van der Waals surface area contributed by atoms with Crippen LogP contribution in [0.3, 0.4) is 0 Å². The van der Waals surface area contributed by atoms with Gasteiger partial charge in [0.25, 0.3) is 5.91 Å². The molecule has 0 aromatic rings. The fourth-order valence-corrected chi connectivity index (χ4v) is 2.14. The van der Waals surface area contributed by atoms with E-state index >= 15 is 0 Å². The van der Waals surface area contributed by atoms with E-state index in [4.69, 9.17) is 16.2 Å². The molecule has 1 heterocycles. The average molecular weight is 243 g/mol. The molecule has 0 bridgehead atoms. The molecular weight excluding hydrogens is 222 g/mol. The van der Waals surface area contributed by atoms with E-state index in [1.807, 2.05) is 0 Å². The second-order valence-corrected chi connectivity index (χ2v) is 4.40. The van der Waals surface area contributed by atoms with Gasteiger partial charge in [-0.2, -0.15) is 0 Å². The Labute approximate surface area is 101 Å². The molecule has 1 unspecified atom stereocenters. The van der Waals surface area contributed by atoms with Gasteiger partial charge in [-0.15, -0.1) is 0 Å². The minimum atomic E-state index is -0.553. The molecule has 0 aromatic carbocycles. The maximum atomic E-state index is 11.9. The van der Waals surface area contributed by atoms with Gasteiger partial charge < -0.3 is 21.1 Å². The maximum Gasteiger partial charge on any atom is 0.253 e. The van der Waals surface area contributed by atoms with E-state index in [-0.39, 0.29) is 18.4 Å². The number of nitrogens with zero attached hydrogens (tertiary/aromatic N) is 1. The van der Waals surface area contributed by atoms with E-state index < -0.39 is 6.10 Å². The van der Waals surface area contributed by atoms with Crippen molar-refractivity contribution in [3.63, 3.8) is 0 Å². The van der Waals surface area contributed by atoms with Crippen molar-refractivity contribution in [3.05, 3.63) is 0 Å². The summed E-state index contributed by atoms with van der Waals surface area (Å²) in [6.07, 6.45) is 1.49. The molecule has 1 aliphatic heterocycles. The lowest BCUT2D eigenvalue weighted by Gasteiger charge is -2.33. The molecular formula is C11H21N3O3. The molecule has 1 saturated heterocycles. The van der Waals surface area contributed by atoms with E-state index in [2.05, 4.69) is 0 Å². The molecule has 0 saturated carbocycles. The number of carbonyl (C=O) groups is 2. The highest BCUT2D eigenvalue weighted by atomic mass is 16.5. The predicted octanol–water partition coefficient (Wildman–Crippen LogP) is -0.926. The lowest BCUT2D eigenvalue weighted by atomic mass is 9.93. The van der Waals surface area contributed by atoms with E-state index in [9.17, 15) is 9.59 Å². The molecule has 1 aliphatic rings. The summed E-state index contributed by atoms with van der Waals surface area (Å²) in [5, 5.41) is 0. The number of rotatable bonds is 5. The van der Waals surface area contributed by atoms with Gasteiger partial charge in [-0.3, -0.25) is 9.59 Å². The Morgan fingerprint density at radius 3 is 2.41 bits per heavy atom. The van der Waals surface area contributed by atoms with E-state index in [1.165, 1.54) is 7.11 Å². The molecule has 0 radical (unpaired) electrons. The monoisotopic (exact) mass is 243 g/mol.